The van der Waals surface area contributed by atoms with Gasteiger partial charge in [0.05, 0.1) is 13.7 Å². The van der Waals surface area contributed by atoms with Gasteiger partial charge in [-0.05, 0) is 36.4 Å². The molecule has 4 heteroatoms. The summed E-state index contributed by atoms with van der Waals surface area (Å²) in [5.74, 6) is 1.54. The number of hydrogen-bond donors (Lipinski definition) is 1. The van der Waals surface area contributed by atoms with Gasteiger partial charge in [0.1, 0.15) is 0 Å². The first kappa shape index (κ1) is 15.3. The average Bonchev–Trinajstić information content (AvgIpc) is 2.54. The van der Waals surface area contributed by atoms with Crippen molar-refractivity contribution >= 4 is 0 Å². The van der Waals surface area contributed by atoms with Crippen LogP contribution in [-0.2, 0) is 13.0 Å². The van der Waals surface area contributed by atoms with Gasteiger partial charge >= 0.3 is 0 Å². The van der Waals surface area contributed by atoms with Gasteiger partial charge in [-0.2, -0.15) is 0 Å². The largest absolute Gasteiger partial charge is 0.493 e. The zero-order chi connectivity index (χ0) is 14.9. The molecule has 112 valence electrons. The zero-order valence-electron chi connectivity index (χ0n) is 12.6. The third-order valence-corrected chi connectivity index (χ3v) is 3.15. The van der Waals surface area contributed by atoms with Crippen molar-refractivity contribution in [1.82, 2.24) is 10.3 Å². The number of aromatic nitrogens is 1. The van der Waals surface area contributed by atoms with E-state index in [9.17, 15) is 0 Å². The van der Waals surface area contributed by atoms with Crippen molar-refractivity contribution in [3.8, 4) is 11.5 Å². The summed E-state index contributed by atoms with van der Waals surface area (Å²) in [7, 11) is 1.66. The maximum absolute atomic E-state index is 5.86. The molecule has 0 bridgehead atoms. The van der Waals surface area contributed by atoms with Crippen LogP contribution in [0, 0.1) is 0 Å². The van der Waals surface area contributed by atoms with Gasteiger partial charge < -0.3 is 14.8 Å². The van der Waals surface area contributed by atoms with Gasteiger partial charge in [0.2, 0.25) is 0 Å². The minimum absolute atomic E-state index is 0.581. The summed E-state index contributed by atoms with van der Waals surface area (Å²) in [6.45, 7) is 4.45. The van der Waals surface area contributed by atoms with Crippen LogP contribution >= 0.6 is 0 Å². The van der Waals surface area contributed by atoms with Crippen LogP contribution in [0.1, 0.15) is 18.2 Å². The molecule has 0 aliphatic rings. The van der Waals surface area contributed by atoms with Gasteiger partial charge in [-0.15, -0.1) is 0 Å². The number of ether oxygens (including phenoxy) is 2. The second-order valence-electron chi connectivity index (χ2n) is 4.69. The first-order chi connectivity index (χ1) is 10.3. The second kappa shape index (κ2) is 8.27. The summed E-state index contributed by atoms with van der Waals surface area (Å²) >= 11 is 0. The van der Waals surface area contributed by atoms with Crippen molar-refractivity contribution in [1.29, 1.82) is 0 Å². The Hall–Kier alpha value is -2.07. The molecule has 1 heterocycles. The topological polar surface area (TPSA) is 43.4 Å². The number of nitrogens with zero attached hydrogens (tertiary/aromatic N) is 1. The van der Waals surface area contributed by atoms with Crippen LogP contribution in [0.15, 0.2) is 42.6 Å². The Bertz CT molecular complexity index is 544. The molecule has 0 aliphatic heterocycles. The highest BCUT2D eigenvalue weighted by atomic mass is 16.5. The first-order valence-electron chi connectivity index (χ1n) is 7.24. The van der Waals surface area contributed by atoms with Gasteiger partial charge in [0.25, 0.3) is 0 Å². The molecule has 0 atom stereocenters. The van der Waals surface area contributed by atoms with Crippen LogP contribution in [-0.4, -0.2) is 25.2 Å². The van der Waals surface area contributed by atoms with E-state index < -0.39 is 0 Å². The molecule has 0 aliphatic carbocycles. The Morgan fingerprint density at radius 1 is 1.14 bits per heavy atom. The highest BCUT2D eigenvalue weighted by Crippen LogP contribution is 2.28. The number of methoxy groups -OCH3 is 1. The van der Waals surface area contributed by atoms with E-state index in [-0.39, 0.29) is 0 Å². The summed E-state index contributed by atoms with van der Waals surface area (Å²) in [5, 5.41) is 3.30. The predicted molar refractivity (Wildman–Crippen MR) is 83.8 cm³/mol. The lowest BCUT2D eigenvalue weighted by molar-refractivity contribution is 0.296. The van der Waals surface area contributed by atoms with E-state index in [0.29, 0.717) is 6.61 Å². The molecule has 0 fully saturated rings. The Kier molecular flexibility index (Phi) is 6.03. The minimum Gasteiger partial charge on any atom is -0.493 e. The van der Waals surface area contributed by atoms with E-state index in [1.54, 1.807) is 13.3 Å². The van der Waals surface area contributed by atoms with Crippen LogP contribution in [0.3, 0.4) is 0 Å². The average molecular weight is 286 g/mol. The van der Waals surface area contributed by atoms with Gasteiger partial charge in [0, 0.05) is 24.9 Å². The SMILES string of the molecule is CCNCc1ccc(OC)c(OCCc2ccccn2)c1. The van der Waals surface area contributed by atoms with E-state index in [0.717, 1.165) is 36.7 Å². The van der Waals surface area contributed by atoms with Gasteiger partial charge in [-0.3, -0.25) is 4.98 Å². The van der Waals surface area contributed by atoms with E-state index in [2.05, 4.69) is 17.2 Å². The van der Waals surface area contributed by atoms with Crippen molar-refractivity contribution in [2.45, 2.75) is 19.9 Å². The van der Waals surface area contributed by atoms with E-state index in [4.69, 9.17) is 9.47 Å². The minimum atomic E-state index is 0.581. The maximum atomic E-state index is 5.86. The molecule has 0 saturated heterocycles. The second-order valence-corrected chi connectivity index (χ2v) is 4.69. The molecule has 21 heavy (non-hydrogen) atoms. The van der Waals surface area contributed by atoms with Crippen molar-refractivity contribution in [2.24, 2.45) is 0 Å². The molecule has 2 aromatic rings. The van der Waals surface area contributed by atoms with Crippen LogP contribution in [0.2, 0.25) is 0 Å². The number of pyridine rings is 1. The summed E-state index contributed by atoms with van der Waals surface area (Å²) in [6.07, 6.45) is 2.58. The fourth-order valence-electron chi connectivity index (χ4n) is 2.02. The molecule has 0 unspecified atom stereocenters. The molecule has 1 aromatic carbocycles. The van der Waals surface area contributed by atoms with Gasteiger partial charge in [-0.25, -0.2) is 0 Å². The monoisotopic (exact) mass is 286 g/mol. The fourth-order valence-corrected chi connectivity index (χ4v) is 2.02. The predicted octanol–water partition coefficient (Wildman–Crippen LogP) is 2.82. The van der Waals surface area contributed by atoms with Crippen molar-refractivity contribution in [3.05, 3.63) is 53.9 Å². The normalized spacial score (nSPS) is 10.4. The molecule has 4 nitrogen and oxygen atoms in total. The maximum Gasteiger partial charge on any atom is 0.161 e. The van der Waals surface area contributed by atoms with Crippen LogP contribution in [0.4, 0.5) is 0 Å². The van der Waals surface area contributed by atoms with Gasteiger partial charge in [-0.1, -0.05) is 19.1 Å². The molecule has 2 rings (SSSR count). The number of rotatable bonds is 8. The van der Waals surface area contributed by atoms with E-state index >= 15 is 0 Å². The number of benzene rings is 1. The summed E-state index contributed by atoms with van der Waals surface area (Å²) in [5.41, 5.74) is 2.21. The lowest BCUT2D eigenvalue weighted by Crippen LogP contribution is -2.12. The molecule has 0 saturated carbocycles. The molecule has 1 aromatic heterocycles. The fraction of sp³-hybridized carbons (Fsp3) is 0.353. The van der Waals surface area contributed by atoms with Crippen molar-refractivity contribution in [2.75, 3.05) is 20.3 Å². The Morgan fingerprint density at radius 2 is 2.05 bits per heavy atom. The Morgan fingerprint density at radius 3 is 2.76 bits per heavy atom. The summed E-state index contributed by atoms with van der Waals surface area (Å²) < 4.78 is 11.2. The summed E-state index contributed by atoms with van der Waals surface area (Å²) in [6, 6.07) is 11.9. The molecular weight excluding hydrogens is 264 g/mol. The Balaban J connectivity index is 1.96. The summed E-state index contributed by atoms with van der Waals surface area (Å²) in [4.78, 5) is 4.29. The lowest BCUT2D eigenvalue weighted by Gasteiger charge is -2.12. The highest BCUT2D eigenvalue weighted by Gasteiger charge is 2.06. The van der Waals surface area contributed by atoms with Crippen LogP contribution in [0.25, 0.3) is 0 Å². The molecule has 0 spiro atoms. The standard InChI is InChI=1S/C17H22N2O2/c1-3-18-13-14-7-8-16(20-2)17(12-14)21-11-9-15-6-4-5-10-19-15/h4-8,10,12,18H,3,9,11,13H2,1-2H3. The number of nitrogens with one attached hydrogen (secondary N) is 1. The quantitative estimate of drug-likeness (QED) is 0.810. The molecule has 0 amide bonds. The van der Waals surface area contributed by atoms with Crippen molar-refractivity contribution < 1.29 is 9.47 Å². The third-order valence-electron chi connectivity index (χ3n) is 3.15. The smallest absolute Gasteiger partial charge is 0.161 e. The Labute approximate surface area is 126 Å². The lowest BCUT2D eigenvalue weighted by atomic mass is 10.2. The third kappa shape index (κ3) is 4.76. The van der Waals surface area contributed by atoms with Crippen molar-refractivity contribution in [3.63, 3.8) is 0 Å². The molecule has 0 radical (unpaired) electrons. The van der Waals surface area contributed by atoms with Gasteiger partial charge in [0.15, 0.2) is 11.5 Å². The molecular formula is C17H22N2O2. The first-order valence-corrected chi connectivity index (χ1v) is 7.24. The molecule has 1 N–H and O–H groups in total. The zero-order valence-corrected chi connectivity index (χ0v) is 12.6. The van der Waals surface area contributed by atoms with Crippen LogP contribution < -0.4 is 14.8 Å². The number of hydrogen-bond acceptors (Lipinski definition) is 4. The van der Waals surface area contributed by atoms with E-state index in [1.807, 2.05) is 36.4 Å². The van der Waals surface area contributed by atoms with E-state index in [1.165, 1.54) is 5.56 Å². The highest BCUT2D eigenvalue weighted by molar-refractivity contribution is 5.43. The van der Waals surface area contributed by atoms with Crippen LogP contribution in [0.5, 0.6) is 11.5 Å².